The van der Waals surface area contributed by atoms with E-state index in [1.54, 1.807) is 0 Å². The highest BCUT2D eigenvalue weighted by molar-refractivity contribution is 7.98. The van der Waals surface area contributed by atoms with Crippen molar-refractivity contribution < 1.29 is 0 Å². The minimum Gasteiger partial charge on any atom is -0.367 e. The van der Waals surface area contributed by atoms with E-state index in [4.69, 9.17) is 11.6 Å². The van der Waals surface area contributed by atoms with Crippen LogP contribution in [0.2, 0.25) is 5.15 Å². The molecule has 1 N–H and O–H groups in total. The van der Waals surface area contributed by atoms with Crippen LogP contribution in [-0.2, 0) is 0 Å². The maximum absolute atomic E-state index is 6.05. The van der Waals surface area contributed by atoms with Gasteiger partial charge in [-0.3, -0.25) is 0 Å². The van der Waals surface area contributed by atoms with Crippen molar-refractivity contribution in [3.8, 4) is 0 Å². The van der Waals surface area contributed by atoms with Crippen LogP contribution in [0.5, 0.6) is 0 Å². The fourth-order valence-corrected chi connectivity index (χ4v) is 4.33. The smallest absolute Gasteiger partial charge is 0.190 e. The van der Waals surface area contributed by atoms with Crippen LogP contribution in [0.15, 0.2) is 11.2 Å². The molecular weight excluding hydrogens is 290 g/mol. The standard InChI is InChI=1S/C15H24ClN3S/c1-14(2)7-10(8-15(3,4)9-14)17-12-6-11(16)18-13(19-12)20-5/h6,10H,7-9H2,1-5H3,(H,17,18,19). The second kappa shape index (κ2) is 5.72. The lowest BCUT2D eigenvalue weighted by Crippen LogP contribution is -2.40. The van der Waals surface area contributed by atoms with Gasteiger partial charge in [0.25, 0.3) is 0 Å². The Balaban J connectivity index is 2.15. The van der Waals surface area contributed by atoms with Crippen LogP contribution in [0.25, 0.3) is 0 Å². The number of halogens is 1. The normalized spacial score (nSPS) is 21.7. The summed E-state index contributed by atoms with van der Waals surface area (Å²) < 4.78 is 0. The minimum absolute atomic E-state index is 0.360. The Bertz CT molecular complexity index is 472. The zero-order chi connectivity index (χ0) is 15.0. The molecule has 0 aromatic carbocycles. The number of hydrogen-bond donors (Lipinski definition) is 1. The number of aromatic nitrogens is 2. The van der Waals surface area contributed by atoms with Crippen LogP contribution in [0.1, 0.15) is 47.0 Å². The Labute approximate surface area is 131 Å². The van der Waals surface area contributed by atoms with Gasteiger partial charge < -0.3 is 5.32 Å². The monoisotopic (exact) mass is 313 g/mol. The molecule has 0 atom stereocenters. The molecule has 2 rings (SSSR count). The van der Waals surface area contributed by atoms with E-state index in [2.05, 4.69) is 43.0 Å². The fourth-order valence-electron chi connectivity index (χ4n) is 3.72. The Morgan fingerprint density at radius 3 is 2.35 bits per heavy atom. The number of hydrogen-bond acceptors (Lipinski definition) is 4. The van der Waals surface area contributed by atoms with Crippen LogP contribution in [0.3, 0.4) is 0 Å². The lowest BCUT2D eigenvalue weighted by Gasteiger charge is -2.45. The first-order valence-electron chi connectivity index (χ1n) is 7.04. The maximum atomic E-state index is 6.05. The minimum atomic E-state index is 0.360. The maximum Gasteiger partial charge on any atom is 0.190 e. The molecule has 0 unspecified atom stereocenters. The third-order valence-corrected chi connectivity index (χ3v) is 4.51. The van der Waals surface area contributed by atoms with E-state index in [-0.39, 0.29) is 0 Å². The molecule has 0 radical (unpaired) electrons. The van der Waals surface area contributed by atoms with Gasteiger partial charge in [0.05, 0.1) is 0 Å². The fraction of sp³-hybridized carbons (Fsp3) is 0.733. The SMILES string of the molecule is CSc1nc(Cl)cc(NC2CC(C)(C)CC(C)(C)C2)n1. The second-order valence-corrected chi connectivity index (χ2v) is 8.48. The summed E-state index contributed by atoms with van der Waals surface area (Å²) in [6, 6.07) is 2.25. The molecule has 0 spiro atoms. The highest BCUT2D eigenvalue weighted by Gasteiger charge is 2.38. The van der Waals surface area contributed by atoms with Crippen LogP contribution >= 0.6 is 23.4 Å². The zero-order valence-corrected chi connectivity index (χ0v) is 14.5. The van der Waals surface area contributed by atoms with Crippen molar-refractivity contribution in [3.05, 3.63) is 11.2 Å². The van der Waals surface area contributed by atoms with E-state index < -0.39 is 0 Å². The summed E-state index contributed by atoms with van der Waals surface area (Å²) in [4.78, 5) is 8.68. The number of thioether (sulfide) groups is 1. The Kier molecular flexibility index (Phi) is 4.55. The largest absolute Gasteiger partial charge is 0.367 e. The molecule has 1 aromatic rings. The van der Waals surface area contributed by atoms with Crippen molar-refractivity contribution in [3.63, 3.8) is 0 Å². The molecule has 20 heavy (non-hydrogen) atoms. The van der Waals surface area contributed by atoms with Gasteiger partial charge in [0.2, 0.25) is 0 Å². The van der Waals surface area contributed by atoms with E-state index in [1.807, 2.05) is 12.3 Å². The average molecular weight is 314 g/mol. The molecule has 1 heterocycles. The number of rotatable bonds is 3. The summed E-state index contributed by atoms with van der Waals surface area (Å²) in [5, 5.41) is 4.78. The first-order valence-corrected chi connectivity index (χ1v) is 8.65. The third kappa shape index (κ3) is 4.26. The van der Waals surface area contributed by atoms with Gasteiger partial charge in [0.1, 0.15) is 11.0 Å². The van der Waals surface area contributed by atoms with Crippen LogP contribution < -0.4 is 5.32 Å². The van der Waals surface area contributed by atoms with Gasteiger partial charge in [-0.2, -0.15) is 0 Å². The van der Waals surface area contributed by atoms with Crippen molar-refractivity contribution in [2.45, 2.75) is 58.2 Å². The van der Waals surface area contributed by atoms with E-state index in [0.29, 0.717) is 27.2 Å². The van der Waals surface area contributed by atoms with Crippen molar-refractivity contribution in [2.75, 3.05) is 11.6 Å². The molecule has 0 amide bonds. The summed E-state index contributed by atoms with van der Waals surface area (Å²) in [6.07, 6.45) is 5.54. The molecule has 112 valence electrons. The predicted molar refractivity (Wildman–Crippen MR) is 87.6 cm³/mol. The van der Waals surface area contributed by atoms with Crippen molar-refractivity contribution in [2.24, 2.45) is 10.8 Å². The first kappa shape index (κ1) is 15.9. The Morgan fingerprint density at radius 1 is 1.20 bits per heavy atom. The Hall–Kier alpha value is -0.480. The molecule has 1 aliphatic rings. The van der Waals surface area contributed by atoms with E-state index >= 15 is 0 Å². The summed E-state index contributed by atoms with van der Waals surface area (Å²) >= 11 is 7.57. The number of nitrogens with zero attached hydrogens (tertiary/aromatic N) is 2. The summed E-state index contributed by atoms with van der Waals surface area (Å²) in [5.74, 6) is 0.841. The first-order chi connectivity index (χ1) is 9.19. The molecule has 5 heteroatoms. The van der Waals surface area contributed by atoms with E-state index in [0.717, 1.165) is 18.7 Å². The average Bonchev–Trinajstić information content (AvgIpc) is 2.23. The molecule has 1 aliphatic carbocycles. The molecular formula is C15H24ClN3S. The number of nitrogens with one attached hydrogen (secondary N) is 1. The Morgan fingerprint density at radius 2 is 1.80 bits per heavy atom. The van der Waals surface area contributed by atoms with Gasteiger partial charge in [0, 0.05) is 12.1 Å². The summed E-state index contributed by atoms with van der Waals surface area (Å²) in [5.41, 5.74) is 0.719. The van der Waals surface area contributed by atoms with Crippen molar-refractivity contribution in [1.29, 1.82) is 0 Å². The van der Waals surface area contributed by atoms with Crippen LogP contribution in [0, 0.1) is 10.8 Å². The highest BCUT2D eigenvalue weighted by Crippen LogP contribution is 2.46. The van der Waals surface area contributed by atoms with Gasteiger partial charge in [-0.1, -0.05) is 51.1 Å². The summed E-state index contributed by atoms with van der Waals surface area (Å²) in [7, 11) is 0. The lowest BCUT2D eigenvalue weighted by molar-refractivity contribution is 0.105. The topological polar surface area (TPSA) is 37.8 Å². The zero-order valence-electron chi connectivity index (χ0n) is 13.0. The predicted octanol–water partition coefficient (Wildman–Crippen LogP) is 4.87. The van der Waals surface area contributed by atoms with Crippen molar-refractivity contribution in [1.82, 2.24) is 9.97 Å². The van der Waals surface area contributed by atoms with Crippen LogP contribution in [0.4, 0.5) is 5.82 Å². The van der Waals surface area contributed by atoms with Gasteiger partial charge in [-0.15, -0.1) is 0 Å². The second-order valence-electron chi connectivity index (χ2n) is 7.32. The molecule has 1 aromatic heterocycles. The molecule has 1 fully saturated rings. The van der Waals surface area contributed by atoms with Gasteiger partial charge in [-0.25, -0.2) is 9.97 Å². The molecule has 0 saturated heterocycles. The van der Waals surface area contributed by atoms with Crippen molar-refractivity contribution >= 4 is 29.2 Å². The van der Waals surface area contributed by atoms with Gasteiger partial charge >= 0.3 is 0 Å². The van der Waals surface area contributed by atoms with Crippen LogP contribution in [-0.4, -0.2) is 22.3 Å². The van der Waals surface area contributed by atoms with E-state index in [9.17, 15) is 0 Å². The quantitative estimate of drug-likeness (QED) is 0.491. The summed E-state index contributed by atoms with van der Waals surface area (Å²) in [6.45, 7) is 9.40. The number of anilines is 1. The van der Waals surface area contributed by atoms with Gasteiger partial charge in [0.15, 0.2) is 5.16 Å². The molecule has 0 aliphatic heterocycles. The molecule has 3 nitrogen and oxygen atoms in total. The lowest BCUT2D eigenvalue weighted by atomic mass is 9.63. The third-order valence-electron chi connectivity index (χ3n) is 3.76. The van der Waals surface area contributed by atoms with Gasteiger partial charge in [-0.05, 0) is 36.3 Å². The van der Waals surface area contributed by atoms with E-state index in [1.165, 1.54) is 18.2 Å². The molecule has 1 saturated carbocycles. The molecule has 0 bridgehead atoms. The highest BCUT2D eigenvalue weighted by atomic mass is 35.5.